The van der Waals surface area contributed by atoms with Gasteiger partial charge in [-0.1, -0.05) is 18.2 Å². The summed E-state index contributed by atoms with van der Waals surface area (Å²) in [6.07, 6.45) is -2.14. The number of rotatable bonds is 6. The molecule has 10 heteroatoms. The van der Waals surface area contributed by atoms with E-state index < -0.39 is 28.5 Å². The van der Waals surface area contributed by atoms with Crippen molar-refractivity contribution in [2.75, 3.05) is 19.8 Å². The van der Waals surface area contributed by atoms with Crippen LogP contribution in [0.2, 0.25) is 0 Å². The van der Waals surface area contributed by atoms with Crippen molar-refractivity contribution in [3.05, 3.63) is 52.3 Å². The fourth-order valence-electron chi connectivity index (χ4n) is 3.51. The van der Waals surface area contributed by atoms with Crippen molar-refractivity contribution >= 4 is 10.0 Å². The summed E-state index contributed by atoms with van der Waals surface area (Å²) in [5, 5.41) is 12.7. The Morgan fingerprint density at radius 3 is 2.50 bits per heavy atom. The topological polar surface area (TPSA) is 75.4 Å². The fraction of sp³-hybridized carbons (Fsp3) is 0.500. The van der Waals surface area contributed by atoms with E-state index in [-0.39, 0.29) is 23.8 Å². The molecule has 1 aliphatic carbocycles. The molecule has 1 aromatic heterocycles. The molecule has 0 bridgehead atoms. The van der Waals surface area contributed by atoms with Gasteiger partial charge in [-0.25, -0.2) is 12.7 Å². The maximum atomic E-state index is 13.0. The lowest BCUT2D eigenvalue weighted by Crippen LogP contribution is -2.29. The van der Waals surface area contributed by atoms with Crippen molar-refractivity contribution in [3.63, 3.8) is 0 Å². The molecule has 28 heavy (non-hydrogen) atoms. The highest BCUT2D eigenvalue weighted by Gasteiger charge is 2.37. The average Bonchev–Trinajstić information content (AvgIpc) is 3.16. The Kier molecular flexibility index (Phi) is 5.57. The highest BCUT2D eigenvalue weighted by Crippen LogP contribution is 2.32. The lowest BCUT2D eigenvalue weighted by molar-refractivity contribution is -0.142. The van der Waals surface area contributed by atoms with Crippen LogP contribution < -0.4 is 0 Å². The smallest absolute Gasteiger partial charge is 0.392 e. The minimum Gasteiger partial charge on any atom is -0.392 e. The number of halogens is 3. The number of nitrogens with zero attached hydrogens (tertiary/aromatic N) is 3. The van der Waals surface area contributed by atoms with Gasteiger partial charge in [-0.3, -0.25) is 4.68 Å². The lowest BCUT2D eigenvalue weighted by atomic mass is 10.1. The summed E-state index contributed by atoms with van der Waals surface area (Å²) in [7, 11) is -0.269. The van der Waals surface area contributed by atoms with Gasteiger partial charge in [0.25, 0.3) is 0 Å². The van der Waals surface area contributed by atoms with Crippen LogP contribution in [0.3, 0.4) is 0 Å². The van der Waals surface area contributed by atoms with Crippen LogP contribution in [-0.2, 0) is 42.2 Å². The quantitative estimate of drug-likeness (QED) is 0.781. The van der Waals surface area contributed by atoms with E-state index in [1.54, 1.807) is 0 Å². The average molecular weight is 417 g/mol. The van der Waals surface area contributed by atoms with Gasteiger partial charge in [0.2, 0.25) is 10.0 Å². The molecule has 1 heterocycles. The SMILES string of the molecule is CN(C)S(=O)(=O)C[C@@H]1Cc2ccc(Cn3cc(CO)c(C(F)(F)F)n3)cc2C1. The number of aliphatic hydroxyl groups is 1. The maximum Gasteiger partial charge on any atom is 0.435 e. The number of sulfonamides is 1. The van der Waals surface area contributed by atoms with Gasteiger partial charge in [-0.05, 0) is 35.4 Å². The standard InChI is InChI=1S/C18H22F3N3O3S/c1-23(2)28(26,27)11-13-6-14-4-3-12(5-15(14)7-13)8-24-9-16(10-25)17(22-24)18(19,20)21/h3-5,9,13,25H,6-8,10-11H2,1-2H3/t13-/m1/s1. The Hall–Kier alpha value is -1.91. The normalized spacial score (nSPS) is 17.3. The molecule has 3 rings (SSSR count). The van der Waals surface area contributed by atoms with Gasteiger partial charge in [-0.2, -0.15) is 18.3 Å². The summed E-state index contributed by atoms with van der Waals surface area (Å²) >= 11 is 0. The molecular formula is C18H22F3N3O3S. The monoisotopic (exact) mass is 417 g/mol. The predicted octanol–water partition coefficient (Wildman–Crippen LogP) is 2.05. The van der Waals surface area contributed by atoms with Crippen molar-refractivity contribution in [2.45, 2.75) is 32.2 Å². The molecule has 0 aliphatic heterocycles. The summed E-state index contributed by atoms with van der Waals surface area (Å²) < 4.78 is 65.5. The predicted molar refractivity (Wildman–Crippen MR) is 97.1 cm³/mol. The molecule has 0 amide bonds. The van der Waals surface area contributed by atoms with E-state index in [4.69, 9.17) is 5.11 Å². The molecular weight excluding hydrogens is 395 g/mol. The molecule has 0 unspecified atom stereocenters. The number of benzene rings is 1. The number of fused-ring (bicyclic) bond motifs is 1. The van der Waals surface area contributed by atoms with E-state index in [1.165, 1.54) is 29.3 Å². The molecule has 1 N–H and O–H groups in total. The van der Waals surface area contributed by atoms with Crippen LogP contribution in [0.15, 0.2) is 24.4 Å². The highest BCUT2D eigenvalue weighted by atomic mass is 32.2. The second-order valence-electron chi connectivity index (χ2n) is 7.29. The third kappa shape index (κ3) is 4.39. The number of hydrogen-bond acceptors (Lipinski definition) is 4. The molecule has 0 spiro atoms. The van der Waals surface area contributed by atoms with Crippen LogP contribution in [0.5, 0.6) is 0 Å². The Bertz CT molecular complexity index is 968. The minimum atomic E-state index is -4.62. The number of hydrogen-bond donors (Lipinski definition) is 1. The van der Waals surface area contributed by atoms with E-state index in [1.807, 2.05) is 18.2 Å². The van der Waals surface area contributed by atoms with Gasteiger partial charge in [0.1, 0.15) is 0 Å². The minimum absolute atomic E-state index is 0.0137. The zero-order chi connectivity index (χ0) is 20.7. The van der Waals surface area contributed by atoms with Crippen LogP contribution in [0.25, 0.3) is 0 Å². The summed E-state index contributed by atoms with van der Waals surface area (Å²) in [5.41, 5.74) is 1.51. The molecule has 2 aromatic rings. The van der Waals surface area contributed by atoms with Gasteiger partial charge in [0.05, 0.1) is 18.9 Å². The van der Waals surface area contributed by atoms with Crippen molar-refractivity contribution < 1.29 is 26.7 Å². The van der Waals surface area contributed by atoms with Gasteiger partial charge < -0.3 is 5.11 Å². The number of alkyl halides is 3. The molecule has 6 nitrogen and oxygen atoms in total. The summed E-state index contributed by atoms with van der Waals surface area (Å²) in [6.45, 7) is -0.599. The van der Waals surface area contributed by atoms with Crippen LogP contribution in [0.4, 0.5) is 13.2 Å². The number of aromatic nitrogens is 2. The van der Waals surface area contributed by atoms with Crippen LogP contribution in [0.1, 0.15) is 27.9 Å². The van der Waals surface area contributed by atoms with Gasteiger partial charge in [0.15, 0.2) is 5.69 Å². The molecule has 154 valence electrons. The first-order valence-corrected chi connectivity index (χ1v) is 10.4. The second kappa shape index (κ2) is 7.49. The van der Waals surface area contributed by atoms with Crippen LogP contribution in [-0.4, -0.2) is 47.5 Å². The van der Waals surface area contributed by atoms with E-state index in [9.17, 15) is 21.6 Å². The highest BCUT2D eigenvalue weighted by molar-refractivity contribution is 7.89. The van der Waals surface area contributed by atoms with Crippen LogP contribution >= 0.6 is 0 Å². The first kappa shape index (κ1) is 20.8. The van der Waals surface area contributed by atoms with E-state index in [0.29, 0.717) is 12.8 Å². The molecule has 1 aliphatic rings. The van der Waals surface area contributed by atoms with E-state index >= 15 is 0 Å². The van der Waals surface area contributed by atoms with E-state index in [2.05, 4.69) is 5.10 Å². The molecule has 0 saturated heterocycles. The van der Waals surface area contributed by atoms with Gasteiger partial charge in [0, 0.05) is 25.9 Å². The Morgan fingerprint density at radius 1 is 1.25 bits per heavy atom. The number of aliphatic hydroxyl groups excluding tert-OH is 1. The fourth-order valence-corrected chi connectivity index (χ4v) is 4.64. The Balaban J connectivity index is 1.75. The first-order chi connectivity index (χ1) is 13.0. The third-order valence-corrected chi connectivity index (χ3v) is 6.92. The van der Waals surface area contributed by atoms with Gasteiger partial charge >= 0.3 is 6.18 Å². The third-order valence-electron chi connectivity index (χ3n) is 4.91. The summed E-state index contributed by atoms with van der Waals surface area (Å²) in [5.74, 6) is 0.0537. The van der Waals surface area contributed by atoms with Gasteiger partial charge in [-0.15, -0.1) is 0 Å². The van der Waals surface area contributed by atoms with Crippen molar-refractivity contribution in [1.82, 2.24) is 14.1 Å². The molecule has 0 radical (unpaired) electrons. The van der Waals surface area contributed by atoms with Crippen LogP contribution in [0, 0.1) is 5.92 Å². The van der Waals surface area contributed by atoms with E-state index in [0.717, 1.165) is 16.7 Å². The zero-order valence-electron chi connectivity index (χ0n) is 15.6. The second-order valence-corrected chi connectivity index (χ2v) is 9.52. The molecule has 1 aromatic carbocycles. The first-order valence-electron chi connectivity index (χ1n) is 8.75. The largest absolute Gasteiger partial charge is 0.435 e. The molecule has 0 fully saturated rings. The Labute approximate surface area is 161 Å². The maximum absolute atomic E-state index is 13.0. The summed E-state index contributed by atoms with van der Waals surface area (Å²) in [6, 6.07) is 5.61. The Morgan fingerprint density at radius 2 is 1.93 bits per heavy atom. The van der Waals surface area contributed by atoms with Crippen molar-refractivity contribution in [3.8, 4) is 0 Å². The van der Waals surface area contributed by atoms with Crippen molar-refractivity contribution in [2.24, 2.45) is 5.92 Å². The molecule has 1 atom stereocenters. The zero-order valence-corrected chi connectivity index (χ0v) is 16.4. The summed E-state index contributed by atoms with van der Waals surface area (Å²) in [4.78, 5) is 0. The lowest BCUT2D eigenvalue weighted by Gasteiger charge is -2.14. The molecule has 0 saturated carbocycles. The van der Waals surface area contributed by atoms with Crippen molar-refractivity contribution in [1.29, 1.82) is 0 Å².